The van der Waals surface area contributed by atoms with Gasteiger partial charge in [-0.1, -0.05) is 26.0 Å². The summed E-state index contributed by atoms with van der Waals surface area (Å²) >= 11 is 0. The normalized spacial score (nSPS) is 17.9. The molecule has 0 saturated heterocycles. The monoisotopic (exact) mass is 550 g/mol. The topological polar surface area (TPSA) is 92.5 Å². The molecule has 0 aromatic heterocycles. The molecule has 0 aliphatic carbocycles. The van der Waals surface area contributed by atoms with Gasteiger partial charge in [-0.3, -0.25) is 4.90 Å². The van der Waals surface area contributed by atoms with Gasteiger partial charge in [0.15, 0.2) is 0 Å². The van der Waals surface area contributed by atoms with Gasteiger partial charge in [0.2, 0.25) is 0 Å². The van der Waals surface area contributed by atoms with Crippen LogP contribution in [0.5, 0.6) is 23.0 Å². The van der Waals surface area contributed by atoms with Crippen LogP contribution in [0.15, 0.2) is 30.3 Å². The van der Waals surface area contributed by atoms with Crippen LogP contribution in [0.25, 0.3) is 21.9 Å². The van der Waals surface area contributed by atoms with E-state index in [9.17, 15) is 4.79 Å². The van der Waals surface area contributed by atoms with E-state index in [1.165, 1.54) is 0 Å². The zero-order valence-electron chi connectivity index (χ0n) is 25.1. The second-order valence-electron chi connectivity index (χ2n) is 10.8. The Morgan fingerprint density at radius 1 is 0.950 bits per heavy atom. The average molecular weight is 551 g/mol. The molecule has 8 nitrogen and oxygen atoms in total. The quantitative estimate of drug-likeness (QED) is 0.343. The first-order valence-corrected chi connectivity index (χ1v) is 13.7. The molecule has 0 radical (unpaired) electrons. The summed E-state index contributed by atoms with van der Waals surface area (Å²) in [7, 11) is 8.64. The minimum absolute atomic E-state index is 0.0804. The fourth-order valence-electron chi connectivity index (χ4n) is 5.62. The zero-order chi connectivity index (χ0) is 29.3. The Hall–Kier alpha value is -3.49. The number of rotatable bonds is 9. The predicted octanol–water partition coefficient (Wildman–Crippen LogP) is 5.62. The molecule has 8 heteroatoms. The number of likely N-dealkylation sites (N-methyl/N-ethyl adjacent to an activating group) is 1. The summed E-state index contributed by atoms with van der Waals surface area (Å²) in [5.41, 5.74) is 10.3. The third-order valence-corrected chi connectivity index (χ3v) is 8.32. The molecule has 216 valence electrons. The molecule has 0 fully saturated rings. The van der Waals surface area contributed by atoms with Crippen molar-refractivity contribution in [2.45, 2.75) is 52.2 Å². The van der Waals surface area contributed by atoms with Crippen LogP contribution in [-0.2, 0) is 11.2 Å². The lowest BCUT2D eigenvalue weighted by atomic mass is 9.80. The molecule has 0 amide bonds. The van der Waals surface area contributed by atoms with E-state index in [1.807, 2.05) is 38.1 Å². The molecule has 0 unspecified atom stereocenters. The van der Waals surface area contributed by atoms with E-state index >= 15 is 0 Å². The first-order valence-electron chi connectivity index (χ1n) is 13.7. The fourth-order valence-corrected chi connectivity index (χ4v) is 5.62. The van der Waals surface area contributed by atoms with Crippen molar-refractivity contribution in [1.29, 1.82) is 0 Å². The van der Waals surface area contributed by atoms with Crippen molar-refractivity contribution in [3.05, 3.63) is 47.0 Å². The largest absolute Gasteiger partial charge is 0.496 e. The third-order valence-electron chi connectivity index (χ3n) is 8.32. The Morgan fingerprint density at radius 2 is 1.60 bits per heavy atom. The summed E-state index contributed by atoms with van der Waals surface area (Å²) in [5.74, 6) is 2.21. The number of nitrogens with zero attached hydrogens (tertiary/aromatic N) is 1. The van der Waals surface area contributed by atoms with Crippen molar-refractivity contribution >= 4 is 16.7 Å². The zero-order valence-corrected chi connectivity index (χ0v) is 25.1. The molecule has 3 aromatic carbocycles. The number of esters is 1. The number of methoxy groups -OCH3 is 4. The Morgan fingerprint density at radius 3 is 2.20 bits per heavy atom. The van der Waals surface area contributed by atoms with Gasteiger partial charge < -0.3 is 29.4 Å². The molecule has 1 aliphatic heterocycles. The number of ether oxygens (including phenoxy) is 5. The van der Waals surface area contributed by atoms with Gasteiger partial charge in [-0.25, -0.2) is 4.79 Å². The van der Waals surface area contributed by atoms with Crippen LogP contribution in [0.3, 0.4) is 0 Å². The summed E-state index contributed by atoms with van der Waals surface area (Å²) in [5, 5.41) is 1.56. The van der Waals surface area contributed by atoms with Crippen LogP contribution in [-0.4, -0.2) is 65.0 Å². The van der Waals surface area contributed by atoms with E-state index in [-0.39, 0.29) is 30.7 Å². The molecule has 0 bridgehead atoms. The van der Waals surface area contributed by atoms with E-state index in [0.29, 0.717) is 28.4 Å². The lowest BCUT2D eigenvalue weighted by Gasteiger charge is -2.40. The maximum absolute atomic E-state index is 13.9. The maximum Gasteiger partial charge on any atom is 0.338 e. The van der Waals surface area contributed by atoms with E-state index < -0.39 is 5.97 Å². The standard InChI is InChI=1S/C32H42N2O6/c1-17(2)23(33)16-40-32(35)22-14-25(37-7)30-20(11-10-12-24(30)36-6)29(22)31-21-13-18(3)34(5)19(4)28(21)26(38-8)15-27(31)39-9/h10-12,14-15,17-19,23H,13,16,33H2,1-9H3/t18-,19+,23+/m0/s1. The molecule has 1 heterocycles. The smallest absolute Gasteiger partial charge is 0.338 e. The molecule has 0 spiro atoms. The first-order chi connectivity index (χ1) is 19.1. The lowest BCUT2D eigenvalue weighted by molar-refractivity contribution is 0.0463. The van der Waals surface area contributed by atoms with Crippen molar-refractivity contribution in [3.8, 4) is 34.1 Å². The molecule has 0 saturated carbocycles. The Bertz CT molecular complexity index is 1400. The lowest BCUT2D eigenvalue weighted by Crippen LogP contribution is -2.38. The maximum atomic E-state index is 13.9. The number of carbonyl (C=O) groups is 1. The highest BCUT2D eigenvalue weighted by molar-refractivity contribution is 6.13. The van der Waals surface area contributed by atoms with Gasteiger partial charge >= 0.3 is 5.97 Å². The predicted molar refractivity (Wildman–Crippen MR) is 158 cm³/mol. The van der Waals surface area contributed by atoms with Crippen molar-refractivity contribution in [1.82, 2.24) is 4.90 Å². The van der Waals surface area contributed by atoms with Crippen molar-refractivity contribution in [2.24, 2.45) is 11.7 Å². The van der Waals surface area contributed by atoms with Crippen LogP contribution >= 0.6 is 0 Å². The summed E-state index contributed by atoms with van der Waals surface area (Å²) in [6.07, 6.45) is 0.739. The van der Waals surface area contributed by atoms with E-state index in [1.54, 1.807) is 34.5 Å². The Labute approximate surface area is 237 Å². The number of nitrogens with two attached hydrogens (primary N) is 1. The van der Waals surface area contributed by atoms with Gasteiger partial charge in [0.25, 0.3) is 0 Å². The third kappa shape index (κ3) is 5.06. The Kier molecular flexibility index (Phi) is 8.80. The van der Waals surface area contributed by atoms with Crippen molar-refractivity contribution < 1.29 is 28.5 Å². The van der Waals surface area contributed by atoms with Gasteiger partial charge in [-0.2, -0.15) is 0 Å². The van der Waals surface area contributed by atoms with Gasteiger partial charge in [0.1, 0.15) is 29.6 Å². The molecular formula is C32H42N2O6. The van der Waals surface area contributed by atoms with Crippen LogP contribution in [0.4, 0.5) is 0 Å². The number of benzene rings is 3. The van der Waals surface area contributed by atoms with E-state index in [4.69, 9.17) is 29.4 Å². The Balaban J connectivity index is 2.13. The molecule has 2 N–H and O–H groups in total. The van der Waals surface area contributed by atoms with Crippen molar-refractivity contribution in [2.75, 3.05) is 42.1 Å². The van der Waals surface area contributed by atoms with Gasteiger partial charge in [-0.05, 0) is 56.3 Å². The summed E-state index contributed by atoms with van der Waals surface area (Å²) < 4.78 is 29.2. The number of hydrogen-bond donors (Lipinski definition) is 1. The van der Waals surface area contributed by atoms with Gasteiger partial charge in [0, 0.05) is 40.9 Å². The van der Waals surface area contributed by atoms with Crippen LogP contribution in [0, 0.1) is 5.92 Å². The van der Waals surface area contributed by atoms with E-state index in [0.717, 1.165) is 39.6 Å². The van der Waals surface area contributed by atoms with Gasteiger partial charge in [0.05, 0.1) is 39.4 Å². The summed E-state index contributed by atoms with van der Waals surface area (Å²) in [6.45, 7) is 8.48. The fraction of sp³-hybridized carbons (Fsp3) is 0.469. The summed E-state index contributed by atoms with van der Waals surface area (Å²) in [4.78, 5) is 16.2. The van der Waals surface area contributed by atoms with Crippen molar-refractivity contribution in [3.63, 3.8) is 0 Å². The SMILES string of the molecule is COc1cc(OC)c2c(c1-c1c(C(=O)OC[C@@H](N)C(C)C)cc(OC)c3c(OC)cccc13)C[C@H](C)N(C)[C@@H]2C. The van der Waals surface area contributed by atoms with Crippen LogP contribution in [0.2, 0.25) is 0 Å². The molecule has 3 aromatic rings. The second-order valence-corrected chi connectivity index (χ2v) is 10.8. The molecule has 4 rings (SSSR count). The average Bonchev–Trinajstić information content (AvgIpc) is 2.96. The highest BCUT2D eigenvalue weighted by Gasteiger charge is 2.35. The minimum Gasteiger partial charge on any atom is -0.496 e. The van der Waals surface area contributed by atoms with Gasteiger partial charge in [-0.15, -0.1) is 0 Å². The summed E-state index contributed by atoms with van der Waals surface area (Å²) in [6, 6.07) is 9.47. The minimum atomic E-state index is -0.477. The second kappa shape index (κ2) is 11.9. The molecule has 3 atom stereocenters. The van der Waals surface area contributed by atoms with Crippen LogP contribution < -0.4 is 24.7 Å². The highest BCUT2D eigenvalue weighted by Crippen LogP contribution is 2.51. The van der Waals surface area contributed by atoms with E-state index in [2.05, 4.69) is 25.8 Å². The molecule has 1 aliphatic rings. The number of carbonyl (C=O) groups excluding carboxylic acids is 1. The van der Waals surface area contributed by atoms with Crippen LogP contribution in [0.1, 0.15) is 55.2 Å². The highest BCUT2D eigenvalue weighted by atomic mass is 16.5. The molecular weight excluding hydrogens is 508 g/mol. The molecule has 40 heavy (non-hydrogen) atoms. The first kappa shape index (κ1) is 29.5. The number of hydrogen-bond acceptors (Lipinski definition) is 8. The number of fused-ring (bicyclic) bond motifs is 2.